The Balaban J connectivity index is 1.81. The molecular formula is C13H19N3O2. The predicted molar refractivity (Wildman–Crippen MR) is 67.8 cm³/mol. The van der Waals surface area contributed by atoms with Crippen molar-refractivity contribution >= 4 is 6.03 Å². The molecule has 1 aromatic heterocycles. The molecule has 2 amide bonds. The van der Waals surface area contributed by atoms with Crippen molar-refractivity contribution < 1.29 is 9.90 Å². The number of aromatic nitrogens is 1. The third-order valence-electron chi connectivity index (χ3n) is 3.41. The summed E-state index contributed by atoms with van der Waals surface area (Å²) in [5, 5.41) is 15.0. The van der Waals surface area contributed by atoms with Crippen molar-refractivity contribution in [1.82, 2.24) is 15.6 Å². The average Bonchev–Trinajstić information content (AvgIpc) is 3.22. The lowest BCUT2D eigenvalue weighted by atomic mass is 9.97. The molecule has 1 unspecified atom stereocenters. The van der Waals surface area contributed by atoms with Gasteiger partial charge in [0.15, 0.2) is 0 Å². The first-order valence-electron chi connectivity index (χ1n) is 6.20. The smallest absolute Gasteiger partial charge is 0.315 e. The first-order chi connectivity index (χ1) is 8.64. The second kappa shape index (κ2) is 5.35. The van der Waals surface area contributed by atoms with Crippen LogP contribution in [0.4, 0.5) is 4.79 Å². The summed E-state index contributed by atoms with van der Waals surface area (Å²) in [6, 6.07) is 3.47. The number of urea groups is 1. The summed E-state index contributed by atoms with van der Waals surface area (Å²) in [4.78, 5) is 15.7. The summed E-state index contributed by atoms with van der Waals surface area (Å²) in [5.41, 5.74) is 0.500. The van der Waals surface area contributed by atoms with Crippen LogP contribution in [-0.4, -0.2) is 28.3 Å². The molecule has 5 nitrogen and oxygen atoms in total. The van der Waals surface area contributed by atoms with Gasteiger partial charge in [0.05, 0.1) is 12.1 Å². The van der Waals surface area contributed by atoms with Crippen LogP contribution in [0.3, 0.4) is 0 Å². The maximum absolute atomic E-state index is 11.8. The Morgan fingerprint density at radius 2 is 2.17 bits per heavy atom. The van der Waals surface area contributed by atoms with E-state index in [9.17, 15) is 9.90 Å². The molecule has 1 aliphatic rings. The maximum Gasteiger partial charge on any atom is 0.315 e. The van der Waals surface area contributed by atoms with Crippen LogP contribution in [0.25, 0.3) is 0 Å². The molecule has 1 heterocycles. The highest BCUT2D eigenvalue weighted by Gasteiger charge is 2.42. The second-order valence-electron chi connectivity index (χ2n) is 5.01. The molecule has 1 aromatic rings. The molecule has 0 bridgehead atoms. The van der Waals surface area contributed by atoms with Gasteiger partial charge in [-0.25, -0.2) is 4.79 Å². The zero-order chi connectivity index (χ0) is 13.0. The van der Waals surface area contributed by atoms with Crippen LogP contribution in [0.1, 0.15) is 25.3 Å². The van der Waals surface area contributed by atoms with E-state index in [2.05, 4.69) is 15.6 Å². The molecule has 1 saturated carbocycles. The van der Waals surface area contributed by atoms with Crippen LogP contribution in [0.5, 0.6) is 0 Å². The number of hydrogen-bond donors (Lipinski definition) is 3. The Kier molecular flexibility index (Phi) is 3.81. The number of aliphatic hydroxyl groups excluding tert-OH is 1. The van der Waals surface area contributed by atoms with Gasteiger partial charge in [-0.3, -0.25) is 4.98 Å². The van der Waals surface area contributed by atoms with Gasteiger partial charge in [-0.05, 0) is 43.4 Å². The van der Waals surface area contributed by atoms with E-state index in [1.54, 1.807) is 12.4 Å². The quantitative estimate of drug-likeness (QED) is 0.730. The number of amides is 2. The molecule has 0 spiro atoms. The van der Waals surface area contributed by atoms with E-state index in [1.165, 1.54) is 0 Å². The van der Waals surface area contributed by atoms with Crippen molar-refractivity contribution in [3.63, 3.8) is 0 Å². The van der Waals surface area contributed by atoms with E-state index in [0.29, 0.717) is 12.5 Å². The lowest BCUT2D eigenvalue weighted by Crippen LogP contribution is -2.53. The van der Waals surface area contributed by atoms with Crippen molar-refractivity contribution in [3.8, 4) is 0 Å². The van der Waals surface area contributed by atoms with E-state index in [1.807, 2.05) is 19.1 Å². The first-order valence-corrected chi connectivity index (χ1v) is 6.20. The van der Waals surface area contributed by atoms with Gasteiger partial charge in [0.1, 0.15) is 0 Å². The lowest BCUT2D eigenvalue weighted by Gasteiger charge is -2.28. The van der Waals surface area contributed by atoms with Crippen molar-refractivity contribution in [2.24, 2.45) is 5.92 Å². The number of carbonyl (C=O) groups is 1. The number of pyridine rings is 1. The predicted octanol–water partition coefficient (Wildman–Crippen LogP) is 1.04. The molecule has 0 aliphatic heterocycles. The molecule has 1 aliphatic carbocycles. The van der Waals surface area contributed by atoms with Crippen LogP contribution in [0, 0.1) is 5.92 Å². The van der Waals surface area contributed by atoms with Gasteiger partial charge in [-0.2, -0.15) is 0 Å². The molecule has 98 valence electrons. The lowest BCUT2D eigenvalue weighted by molar-refractivity contribution is 0.155. The minimum absolute atomic E-state index is 0.0274. The molecule has 1 fully saturated rings. The molecule has 1 atom stereocenters. The van der Waals surface area contributed by atoms with Gasteiger partial charge in [-0.15, -0.1) is 0 Å². The van der Waals surface area contributed by atoms with E-state index in [4.69, 9.17) is 0 Å². The fourth-order valence-electron chi connectivity index (χ4n) is 1.98. The number of carbonyl (C=O) groups excluding carboxylic acids is 1. The number of nitrogens with one attached hydrogen (secondary N) is 2. The SMILES string of the molecule is CC(CO)(NC(=O)NCc1ccncc1)C1CC1. The Morgan fingerprint density at radius 3 is 2.72 bits per heavy atom. The third-order valence-corrected chi connectivity index (χ3v) is 3.41. The van der Waals surface area contributed by atoms with Crippen LogP contribution >= 0.6 is 0 Å². The number of hydrogen-bond acceptors (Lipinski definition) is 3. The average molecular weight is 249 g/mol. The Morgan fingerprint density at radius 1 is 1.50 bits per heavy atom. The summed E-state index contributed by atoms with van der Waals surface area (Å²) in [7, 11) is 0. The normalized spacial score (nSPS) is 17.9. The number of rotatable bonds is 5. The molecule has 0 radical (unpaired) electrons. The van der Waals surface area contributed by atoms with Gasteiger partial charge in [-0.1, -0.05) is 0 Å². The van der Waals surface area contributed by atoms with Crippen molar-refractivity contribution in [1.29, 1.82) is 0 Å². The molecule has 0 saturated heterocycles. The van der Waals surface area contributed by atoms with E-state index in [-0.39, 0.29) is 12.6 Å². The fraction of sp³-hybridized carbons (Fsp3) is 0.538. The third kappa shape index (κ3) is 3.20. The highest BCUT2D eigenvalue weighted by Crippen LogP contribution is 2.39. The van der Waals surface area contributed by atoms with Crippen LogP contribution in [0.15, 0.2) is 24.5 Å². The van der Waals surface area contributed by atoms with Crippen molar-refractivity contribution in [2.45, 2.75) is 31.8 Å². The van der Waals surface area contributed by atoms with E-state index in [0.717, 1.165) is 18.4 Å². The monoisotopic (exact) mass is 249 g/mol. The van der Waals surface area contributed by atoms with Crippen LogP contribution in [0.2, 0.25) is 0 Å². The Bertz CT molecular complexity index is 406. The molecule has 3 N–H and O–H groups in total. The highest BCUT2D eigenvalue weighted by molar-refractivity contribution is 5.74. The molecule has 2 rings (SSSR count). The Hall–Kier alpha value is -1.62. The zero-order valence-electron chi connectivity index (χ0n) is 10.5. The fourth-order valence-corrected chi connectivity index (χ4v) is 1.98. The molecule has 5 heteroatoms. The van der Waals surface area contributed by atoms with Crippen LogP contribution < -0.4 is 10.6 Å². The summed E-state index contributed by atoms with van der Waals surface area (Å²) in [5.74, 6) is 0.397. The van der Waals surface area contributed by atoms with Crippen molar-refractivity contribution in [2.75, 3.05) is 6.61 Å². The molecule has 18 heavy (non-hydrogen) atoms. The van der Waals surface area contributed by atoms with Crippen LogP contribution in [-0.2, 0) is 6.54 Å². The van der Waals surface area contributed by atoms with E-state index >= 15 is 0 Å². The van der Waals surface area contributed by atoms with Gasteiger partial charge >= 0.3 is 6.03 Å². The molecular weight excluding hydrogens is 230 g/mol. The zero-order valence-corrected chi connectivity index (χ0v) is 10.5. The summed E-state index contributed by atoms with van der Waals surface area (Å²) >= 11 is 0. The van der Waals surface area contributed by atoms with Gasteiger partial charge < -0.3 is 15.7 Å². The van der Waals surface area contributed by atoms with E-state index < -0.39 is 5.54 Å². The summed E-state index contributed by atoms with van der Waals surface area (Å²) in [6.07, 6.45) is 5.53. The number of nitrogens with zero attached hydrogens (tertiary/aromatic N) is 1. The Labute approximate surface area is 107 Å². The minimum atomic E-state index is -0.498. The largest absolute Gasteiger partial charge is 0.394 e. The van der Waals surface area contributed by atoms with Gasteiger partial charge in [0.25, 0.3) is 0 Å². The van der Waals surface area contributed by atoms with Crippen molar-refractivity contribution in [3.05, 3.63) is 30.1 Å². The minimum Gasteiger partial charge on any atom is -0.394 e. The summed E-state index contributed by atoms with van der Waals surface area (Å²) in [6.45, 7) is 2.32. The highest BCUT2D eigenvalue weighted by atomic mass is 16.3. The summed E-state index contributed by atoms with van der Waals surface area (Å²) < 4.78 is 0. The maximum atomic E-state index is 11.8. The molecule has 0 aromatic carbocycles. The topological polar surface area (TPSA) is 74.2 Å². The first kappa shape index (κ1) is 12.8. The van der Waals surface area contributed by atoms with Gasteiger partial charge in [0.2, 0.25) is 0 Å². The standard InChI is InChI=1S/C13H19N3O2/c1-13(9-17,11-2-3-11)16-12(18)15-8-10-4-6-14-7-5-10/h4-7,11,17H,2-3,8-9H2,1H3,(H2,15,16,18). The second-order valence-corrected chi connectivity index (χ2v) is 5.01. The van der Waals surface area contributed by atoms with Gasteiger partial charge in [0, 0.05) is 18.9 Å². The number of aliphatic hydroxyl groups is 1.